The molecule has 0 saturated carbocycles. The number of nitrogen functional groups attached to an aromatic ring is 1. The number of hydrogen-bond donors (Lipinski definition) is 2. The van der Waals surface area contributed by atoms with Crippen LogP contribution < -0.4 is 11.1 Å². The van der Waals surface area contributed by atoms with Crippen molar-refractivity contribution in [1.82, 2.24) is 10.3 Å². The van der Waals surface area contributed by atoms with Gasteiger partial charge in [0.15, 0.2) is 0 Å². The number of rotatable bonds is 8. The highest BCUT2D eigenvalue weighted by molar-refractivity contribution is 5.98. The van der Waals surface area contributed by atoms with Crippen LogP contribution in [0.4, 0.5) is 11.5 Å². The molecule has 0 bridgehead atoms. The first-order valence-electron chi connectivity index (χ1n) is 6.32. The van der Waals surface area contributed by atoms with Gasteiger partial charge in [0.05, 0.1) is 4.92 Å². The van der Waals surface area contributed by atoms with Gasteiger partial charge in [0, 0.05) is 19.8 Å². The van der Waals surface area contributed by atoms with Crippen molar-refractivity contribution < 1.29 is 14.5 Å². The highest BCUT2D eigenvalue weighted by Crippen LogP contribution is 2.18. The van der Waals surface area contributed by atoms with Crippen molar-refractivity contribution >= 4 is 17.4 Å². The summed E-state index contributed by atoms with van der Waals surface area (Å²) in [7, 11) is 0. The van der Waals surface area contributed by atoms with Crippen molar-refractivity contribution in [2.75, 3.05) is 25.5 Å². The molecule has 0 aliphatic heterocycles. The van der Waals surface area contributed by atoms with Crippen molar-refractivity contribution in [3.63, 3.8) is 0 Å². The standard InChI is InChI=1S/C12H18N4O4/c1-2-5-20-6-3-4-14-12(17)9-7-11(13)15-8-10(9)16(18)19/h7-8H,2-6H2,1H3,(H2,13,15)(H,14,17). The van der Waals surface area contributed by atoms with Crippen molar-refractivity contribution in [3.05, 3.63) is 27.9 Å². The molecule has 8 nitrogen and oxygen atoms in total. The Morgan fingerprint density at radius 3 is 2.95 bits per heavy atom. The zero-order chi connectivity index (χ0) is 15.0. The van der Waals surface area contributed by atoms with Crippen LogP contribution in [0.15, 0.2) is 12.3 Å². The van der Waals surface area contributed by atoms with Gasteiger partial charge < -0.3 is 15.8 Å². The summed E-state index contributed by atoms with van der Waals surface area (Å²) >= 11 is 0. The van der Waals surface area contributed by atoms with Crippen molar-refractivity contribution in [1.29, 1.82) is 0 Å². The molecule has 1 amide bonds. The highest BCUT2D eigenvalue weighted by atomic mass is 16.6. The van der Waals surface area contributed by atoms with Gasteiger partial charge in [-0.15, -0.1) is 0 Å². The lowest BCUT2D eigenvalue weighted by Crippen LogP contribution is -2.26. The number of nitrogens with zero attached hydrogens (tertiary/aromatic N) is 2. The molecular weight excluding hydrogens is 264 g/mol. The van der Waals surface area contributed by atoms with Gasteiger partial charge in [-0.2, -0.15) is 0 Å². The van der Waals surface area contributed by atoms with Crippen LogP contribution in [0.3, 0.4) is 0 Å². The molecule has 0 radical (unpaired) electrons. The summed E-state index contributed by atoms with van der Waals surface area (Å²) in [5, 5.41) is 13.4. The molecule has 0 saturated heterocycles. The molecule has 1 rings (SSSR count). The summed E-state index contributed by atoms with van der Waals surface area (Å²) < 4.78 is 5.26. The zero-order valence-electron chi connectivity index (χ0n) is 11.3. The molecule has 1 heterocycles. The van der Waals surface area contributed by atoms with E-state index in [1.807, 2.05) is 6.92 Å². The van der Waals surface area contributed by atoms with Gasteiger partial charge in [-0.1, -0.05) is 6.92 Å². The van der Waals surface area contributed by atoms with Gasteiger partial charge in [0.2, 0.25) is 0 Å². The second-order valence-corrected chi connectivity index (χ2v) is 4.11. The van der Waals surface area contributed by atoms with Crippen LogP contribution in [-0.2, 0) is 4.74 Å². The van der Waals surface area contributed by atoms with Gasteiger partial charge in [-0.3, -0.25) is 14.9 Å². The minimum atomic E-state index is -0.661. The van der Waals surface area contributed by atoms with E-state index in [4.69, 9.17) is 10.5 Å². The average Bonchev–Trinajstić information content (AvgIpc) is 2.42. The Morgan fingerprint density at radius 2 is 2.30 bits per heavy atom. The first kappa shape index (κ1) is 15.8. The average molecular weight is 282 g/mol. The Hall–Kier alpha value is -2.22. The summed E-state index contributed by atoms with van der Waals surface area (Å²) in [6.07, 6.45) is 2.56. The molecule has 110 valence electrons. The molecular formula is C12H18N4O4. The van der Waals surface area contributed by atoms with E-state index in [1.165, 1.54) is 6.07 Å². The van der Waals surface area contributed by atoms with Crippen LogP contribution >= 0.6 is 0 Å². The third kappa shape index (κ3) is 4.81. The fraction of sp³-hybridized carbons (Fsp3) is 0.500. The van der Waals surface area contributed by atoms with Gasteiger partial charge in [-0.05, 0) is 18.9 Å². The fourth-order valence-electron chi connectivity index (χ4n) is 1.51. The topological polar surface area (TPSA) is 120 Å². The number of nitrogens with two attached hydrogens (primary N) is 1. The molecule has 0 aromatic carbocycles. The van der Waals surface area contributed by atoms with E-state index in [1.54, 1.807) is 0 Å². The van der Waals surface area contributed by atoms with Gasteiger partial charge >= 0.3 is 0 Å². The van der Waals surface area contributed by atoms with Crippen LogP contribution in [-0.4, -0.2) is 35.6 Å². The first-order valence-corrected chi connectivity index (χ1v) is 6.32. The number of nitrogens with one attached hydrogen (secondary N) is 1. The summed E-state index contributed by atoms with van der Waals surface area (Å²) in [5.74, 6) is -0.478. The monoisotopic (exact) mass is 282 g/mol. The van der Waals surface area contributed by atoms with E-state index in [0.29, 0.717) is 26.2 Å². The largest absolute Gasteiger partial charge is 0.384 e. The number of carbonyl (C=O) groups is 1. The maximum atomic E-state index is 11.9. The smallest absolute Gasteiger partial charge is 0.300 e. The normalized spacial score (nSPS) is 10.2. The summed E-state index contributed by atoms with van der Waals surface area (Å²) in [4.78, 5) is 25.6. The lowest BCUT2D eigenvalue weighted by Gasteiger charge is -2.06. The number of aromatic nitrogens is 1. The summed E-state index contributed by atoms with van der Waals surface area (Å²) in [5.41, 5.74) is 4.99. The molecule has 20 heavy (non-hydrogen) atoms. The Kier molecular flexibility index (Phi) is 6.38. The highest BCUT2D eigenvalue weighted by Gasteiger charge is 2.20. The maximum absolute atomic E-state index is 11.9. The van der Waals surface area contributed by atoms with E-state index in [9.17, 15) is 14.9 Å². The van der Waals surface area contributed by atoms with Crippen LogP contribution in [0.5, 0.6) is 0 Å². The van der Waals surface area contributed by atoms with Gasteiger partial charge in [0.25, 0.3) is 11.6 Å². The Labute approximate surface area is 116 Å². The molecule has 1 aromatic heterocycles. The second kappa shape index (κ2) is 8.05. The lowest BCUT2D eigenvalue weighted by molar-refractivity contribution is -0.385. The Balaban J connectivity index is 2.54. The minimum absolute atomic E-state index is 0.0621. The van der Waals surface area contributed by atoms with Gasteiger partial charge in [0.1, 0.15) is 17.6 Å². The predicted molar refractivity (Wildman–Crippen MR) is 73.4 cm³/mol. The van der Waals surface area contributed by atoms with Gasteiger partial charge in [-0.25, -0.2) is 4.98 Å². The maximum Gasteiger partial charge on any atom is 0.300 e. The van der Waals surface area contributed by atoms with Crippen molar-refractivity contribution in [2.24, 2.45) is 0 Å². The number of hydrogen-bond acceptors (Lipinski definition) is 6. The molecule has 0 unspecified atom stereocenters. The quantitative estimate of drug-likeness (QED) is 0.418. The number of nitro groups is 1. The summed E-state index contributed by atoms with van der Waals surface area (Å²) in [6.45, 7) is 3.60. The molecule has 0 atom stereocenters. The number of ether oxygens (including phenoxy) is 1. The summed E-state index contributed by atoms with van der Waals surface area (Å²) in [6, 6.07) is 1.20. The Bertz CT molecular complexity index is 479. The van der Waals surface area contributed by atoms with Crippen molar-refractivity contribution in [2.45, 2.75) is 19.8 Å². The SMILES string of the molecule is CCCOCCCNC(=O)c1cc(N)ncc1[N+](=O)[O-]. The molecule has 0 fully saturated rings. The third-order valence-corrected chi connectivity index (χ3v) is 2.44. The molecule has 0 aliphatic rings. The van der Waals surface area contributed by atoms with E-state index in [2.05, 4.69) is 10.3 Å². The van der Waals surface area contributed by atoms with Crippen LogP contribution in [0.25, 0.3) is 0 Å². The van der Waals surface area contributed by atoms with Crippen LogP contribution in [0.1, 0.15) is 30.1 Å². The molecule has 1 aromatic rings. The fourth-order valence-corrected chi connectivity index (χ4v) is 1.51. The molecule has 8 heteroatoms. The van der Waals surface area contributed by atoms with E-state index >= 15 is 0 Å². The molecule has 0 spiro atoms. The van der Waals surface area contributed by atoms with E-state index in [0.717, 1.165) is 12.6 Å². The number of anilines is 1. The number of amides is 1. The predicted octanol–water partition coefficient (Wildman–Crippen LogP) is 1.12. The van der Waals surface area contributed by atoms with Crippen LogP contribution in [0, 0.1) is 10.1 Å². The first-order chi connectivity index (χ1) is 9.56. The van der Waals surface area contributed by atoms with Crippen molar-refractivity contribution in [3.8, 4) is 0 Å². The molecule has 3 N–H and O–H groups in total. The van der Waals surface area contributed by atoms with Crippen LogP contribution in [0.2, 0.25) is 0 Å². The third-order valence-electron chi connectivity index (χ3n) is 2.44. The zero-order valence-corrected chi connectivity index (χ0v) is 11.3. The lowest BCUT2D eigenvalue weighted by atomic mass is 10.2. The number of pyridine rings is 1. The minimum Gasteiger partial charge on any atom is -0.384 e. The molecule has 0 aliphatic carbocycles. The number of carbonyl (C=O) groups excluding carboxylic acids is 1. The Morgan fingerprint density at radius 1 is 1.55 bits per heavy atom. The van der Waals surface area contributed by atoms with E-state index in [-0.39, 0.29) is 17.1 Å². The van der Waals surface area contributed by atoms with E-state index < -0.39 is 10.8 Å². The second-order valence-electron chi connectivity index (χ2n) is 4.11.